The van der Waals surface area contributed by atoms with E-state index in [4.69, 9.17) is 5.73 Å². The number of benzene rings is 2. The summed E-state index contributed by atoms with van der Waals surface area (Å²) in [5.41, 5.74) is 6.48. The minimum Gasteiger partial charge on any atom is -0.399 e. The molecule has 0 spiro atoms. The number of rotatable bonds is 5. The van der Waals surface area contributed by atoms with E-state index in [0.29, 0.717) is 11.3 Å². The molecule has 8 heteroatoms. The second kappa shape index (κ2) is 5.90. The van der Waals surface area contributed by atoms with Gasteiger partial charge in [-0.05, 0) is 23.8 Å². The zero-order valence-corrected chi connectivity index (χ0v) is 11.7. The molecule has 0 bridgehead atoms. The first-order valence-electron chi connectivity index (χ1n) is 5.97. The maximum Gasteiger partial charge on any atom is 0.269 e. The molecule has 0 fully saturated rings. The Balaban J connectivity index is 2.10. The van der Waals surface area contributed by atoms with Crippen LogP contribution in [-0.4, -0.2) is 13.3 Å². The van der Waals surface area contributed by atoms with E-state index in [0.717, 1.165) is 0 Å². The molecule has 0 amide bonds. The van der Waals surface area contributed by atoms with Gasteiger partial charge in [-0.25, -0.2) is 13.1 Å². The quantitative estimate of drug-likeness (QED) is 0.495. The number of non-ortho nitro benzene ring substituents is 1. The SMILES string of the molecule is Nc1cccc(S(=O)(=O)NCc2ccc([N+](=O)[O-])cc2)c1. The number of nitro groups is 1. The molecule has 0 aliphatic carbocycles. The van der Waals surface area contributed by atoms with Crippen molar-refractivity contribution >= 4 is 21.4 Å². The van der Waals surface area contributed by atoms with Crippen LogP contribution in [0, 0.1) is 10.1 Å². The second-order valence-electron chi connectivity index (χ2n) is 4.32. The van der Waals surface area contributed by atoms with Gasteiger partial charge in [0.25, 0.3) is 5.69 Å². The average molecular weight is 307 g/mol. The van der Waals surface area contributed by atoms with Crippen molar-refractivity contribution in [3.8, 4) is 0 Å². The zero-order valence-electron chi connectivity index (χ0n) is 10.9. The fraction of sp³-hybridized carbons (Fsp3) is 0.0769. The lowest BCUT2D eigenvalue weighted by atomic mass is 10.2. The lowest BCUT2D eigenvalue weighted by Crippen LogP contribution is -2.23. The minimum absolute atomic E-state index is 0.0368. The molecule has 0 aliphatic heterocycles. The molecule has 0 unspecified atom stereocenters. The summed E-state index contributed by atoms with van der Waals surface area (Å²) in [4.78, 5) is 10.1. The van der Waals surface area contributed by atoms with E-state index in [9.17, 15) is 18.5 Å². The molecule has 7 nitrogen and oxygen atoms in total. The van der Waals surface area contributed by atoms with Crippen LogP contribution in [0.4, 0.5) is 11.4 Å². The van der Waals surface area contributed by atoms with Crippen LogP contribution in [0.1, 0.15) is 5.56 Å². The molecule has 0 radical (unpaired) electrons. The summed E-state index contributed by atoms with van der Waals surface area (Å²) in [6.07, 6.45) is 0. The highest BCUT2D eigenvalue weighted by Gasteiger charge is 2.14. The fourth-order valence-corrected chi connectivity index (χ4v) is 2.75. The molecular formula is C13H13N3O4S. The Hall–Kier alpha value is -2.45. The number of nitrogens with zero attached hydrogens (tertiary/aromatic N) is 1. The number of hydrogen-bond donors (Lipinski definition) is 2. The van der Waals surface area contributed by atoms with Crippen LogP contribution in [0.3, 0.4) is 0 Å². The Labute approximate surface area is 121 Å². The standard InChI is InChI=1S/C13H13N3O4S/c14-11-2-1-3-13(8-11)21(19,20)15-9-10-4-6-12(7-5-10)16(17)18/h1-8,15H,9,14H2. The van der Waals surface area contributed by atoms with E-state index >= 15 is 0 Å². The van der Waals surface area contributed by atoms with Crippen LogP contribution in [0.25, 0.3) is 0 Å². The molecule has 3 N–H and O–H groups in total. The monoisotopic (exact) mass is 307 g/mol. The minimum atomic E-state index is -3.67. The Morgan fingerprint density at radius 2 is 1.81 bits per heavy atom. The van der Waals surface area contributed by atoms with Gasteiger partial charge in [-0.15, -0.1) is 0 Å². The molecule has 0 saturated heterocycles. The Kier molecular flexibility index (Phi) is 4.20. The lowest BCUT2D eigenvalue weighted by Gasteiger charge is -2.07. The number of nitrogen functional groups attached to an aromatic ring is 1. The van der Waals surface area contributed by atoms with Crippen molar-refractivity contribution in [2.75, 3.05) is 5.73 Å². The summed E-state index contributed by atoms with van der Waals surface area (Å²) in [5, 5.41) is 10.5. The summed E-state index contributed by atoms with van der Waals surface area (Å²) >= 11 is 0. The van der Waals surface area contributed by atoms with Gasteiger partial charge in [-0.2, -0.15) is 0 Å². The van der Waals surface area contributed by atoms with Crippen molar-refractivity contribution in [1.29, 1.82) is 0 Å². The molecule has 2 rings (SSSR count). The summed E-state index contributed by atoms with van der Waals surface area (Å²) < 4.78 is 26.5. The van der Waals surface area contributed by atoms with Crippen molar-refractivity contribution in [3.63, 3.8) is 0 Å². The fourth-order valence-electron chi connectivity index (χ4n) is 1.68. The van der Waals surface area contributed by atoms with Gasteiger partial charge in [0.05, 0.1) is 9.82 Å². The molecule has 0 heterocycles. The first-order valence-corrected chi connectivity index (χ1v) is 7.45. The van der Waals surface area contributed by atoms with Gasteiger partial charge in [0.1, 0.15) is 0 Å². The number of nitro benzene ring substituents is 1. The molecule has 0 saturated carbocycles. The van der Waals surface area contributed by atoms with Gasteiger partial charge < -0.3 is 5.73 Å². The summed E-state index contributed by atoms with van der Waals surface area (Å²) in [6.45, 7) is 0.0368. The second-order valence-corrected chi connectivity index (χ2v) is 6.09. The van der Waals surface area contributed by atoms with Gasteiger partial charge in [-0.1, -0.05) is 18.2 Å². The zero-order chi connectivity index (χ0) is 15.5. The third-order valence-electron chi connectivity index (χ3n) is 2.78. The summed E-state index contributed by atoms with van der Waals surface area (Å²) in [5.74, 6) is 0. The van der Waals surface area contributed by atoms with Crippen molar-refractivity contribution in [2.45, 2.75) is 11.4 Å². The van der Waals surface area contributed by atoms with Crippen molar-refractivity contribution in [1.82, 2.24) is 4.72 Å². The van der Waals surface area contributed by atoms with E-state index < -0.39 is 14.9 Å². The van der Waals surface area contributed by atoms with Gasteiger partial charge in [0.2, 0.25) is 10.0 Å². The Morgan fingerprint density at radius 3 is 2.38 bits per heavy atom. The molecule has 0 aliphatic rings. The number of nitrogens with two attached hydrogens (primary N) is 1. The van der Waals surface area contributed by atoms with Crippen LogP contribution < -0.4 is 10.5 Å². The molecule has 110 valence electrons. The van der Waals surface area contributed by atoms with E-state index in [1.54, 1.807) is 12.1 Å². The largest absolute Gasteiger partial charge is 0.399 e. The predicted molar refractivity (Wildman–Crippen MR) is 78.0 cm³/mol. The first-order chi connectivity index (χ1) is 9.88. The van der Waals surface area contributed by atoms with E-state index in [-0.39, 0.29) is 17.1 Å². The normalized spacial score (nSPS) is 11.2. The van der Waals surface area contributed by atoms with Crippen LogP contribution in [0.5, 0.6) is 0 Å². The Bertz CT molecular complexity index is 757. The van der Waals surface area contributed by atoms with Gasteiger partial charge in [0.15, 0.2) is 0 Å². The number of anilines is 1. The molecule has 21 heavy (non-hydrogen) atoms. The van der Waals surface area contributed by atoms with Crippen LogP contribution >= 0.6 is 0 Å². The van der Waals surface area contributed by atoms with E-state index in [1.165, 1.54) is 36.4 Å². The van der Waals surface area contributed by atoms with Gasteiger partial charge in [0, 0.05) is 24.4 Å². The summed E-state index contributed by atoms with van der Waals surface area (Å²) in [7, 11) is -3.67. The third-order valence-corrected chi connectivity index (χ3v) is 4.18. The Morgan fingerprint density at radius 1 is 1.14 bits per heavy atom. The molecule has 2 aromatic carbocycles. The maximum atomic E-state index is 12.1. The molecular weight excluding hydrogens is 294 g/mol. The average Bonchev–Trinajstić information content (AvgIpc) is 2.45. The lowest BCUT2D eigenvalue weighted by molar-refractivity contribution is -0.384. The topological polar surface area (TPSA) is 115 Å². The van der Waals surface area contributed by atoms with Crippen LogP contribution in [0.15, 0.2) is 53.4 Å². The number of sulfonamides is 1. The smallest absolute Gasteiger partial charge is 0.269 e. The predicted octanol–water partition coefficient (Wildman–Crippen LogP) is 1.66. The number of nitrogens with one attached hydrogen (secondary N) is 1. The van der Waals surface area contributed by atoms with E-state index in [1.807, 2.05) is 0 Å². The van der Waals surface area contributed by atoms with Gasteiger partial charge in [-0.3, -0.25) is 10.1 Å². The van der Waals surface area contributed by atoms with Crippen LogP contribution in [-0.2, 0) is 16.6 Å². The first kappa shape index (κ1) is 14.9. The highest BCUT2D eigenvalue weighted by Crippen LogP contribution is 2.15. The molecule has 0 atom stereocenters. The maximum absolute atomic E-state index is 12.1. The third kappa shape index (κ3) is 3.77. The highest BCUT2D eigenvalue weighted by molar-refractivity contribution is 7.89. The van der Waals surface area contributed by atoms with Crippen molar-refractivity contribution < 1.29 is 13.3 Å². The number of hydrogen-bond acceptors (Lipinski definition) is 5. The van der Waals surface area contributed by atoms with Crippen LogP contribution in [0.2, 0.25) is 0 Å². The highest BCUT2D eigenvalue weighted by atomic mass is 32.2. The van der Waals surface area contributed by atoms with Gasteiger partial charge >= 0.3 is 0 Å². The molecule has 2 aromatic rings. The van der Waals surface area contributed by atoms with E-state index in [2.05, 4.69) is 4.72 Å². The molecule has 0 aromatic heterocycles. The summed E-state index contributed by atoms with van der Waals surface area (Å²) in [6, 6.07) is 11.6. The van der Waals surface area contributed by atoms with Crippen molar-refractivity contribution in [3.05, 3.63) is 64.2 Å². The van der Waals surface area contributed by atoms with Crippen molar-refractivity contribution in [2.24, 2.45) is 0 Å².